The zero-order chi connectivity index (χ0) is 21.0. The molecule has 0 fully saturated rings. The Morgan fingerprint density at radius 1 is 0.733 bits per heavy atom. The summed E-state index contributed by atoms with van der Waals surface area (Å²) in [6.45, 7) is 5.55. The number of benzene rings is 2. The van der Waals surface area contributed by atoms with E-state index < -0.39 is 0 Å². The van der Waals surface area contributed by atoms with Gasteiger partial charge in [0.15, 0.2) is 5.75 Å². The van der Waals surface area contributed by atoms with Gasteiger partial charge in [-0.05, 0) is 35.6 Å². The van der Waals surface area contributed by atoms with E-state index in [0.29, 0.717) is 24.8 Å². The van der Waals surface area contributed by atoms with Gasteiger partial charge in [0.05, 0.1) is 18.9 Å². The summed E-state index contributed by atoms with van der Waals surface area (Å²) in [6.07, 6.45) is 8.12. The summed E-state index contributed by atoms with van der Waals surface area (Å²) in [6, 6.07) is 20.7. The van der Waals surface area contributed by atoms with Gasteiger partial charge >= 0.3 is 0 Å². The fourth-order valence-electron chi connectivity index (χ4n) is 2.90. The average Bonchev–Trinajstić information content (AvgIpc) is 2.80. The molecule has 0 radical (unpaired) electrons. The number of ether oxygens (including phenoxy) is 2. The molecule has 0 unspecified atom stereocenters. The first-order chi connectivity index (χ1) is 14.8. The molecule has 0 atom stereocenters. The van der Waals surface area contributed by atoms with Gasteiger partial charge in [0.1, 0.15) is 0 Å². The van der Waals surface area contributed by atoms with Gasteiger partial charge in [-0.3, -0.25) is 0 Å². The lowest BCUT2D eigenvalue weighted by Crippen LogP contribution is -2.05. The van der Waals surface area contributed by atoms with Crippen molar-refractivity contribution in [2.45, 2.75) is 39.5 Å². The molecule has 3 rings (SSSR count). The largest absolute Gasteiger partial charge is 0.488 e. The molecule has 0 aliphatic carbocycles. The lowest BCUT2D eigenvalue weighted by atomic mass is 10.0. The Morgan fingerprint density at radius 3 is 2.10 bits per heavy atom. The number of nitrogens with zero attached hydrogens (tertiary/aromatic N) is 2. The smallest absolute Gasteiger partial charge is 0.276 e. The molecule has 4 heteroatoms. The number of rotatable bonds is 11. The zero-order valence-corrected chi connectivity index (χ0v) is 17.9. The minimum atomic E-state index is 0.476. The van der Waals surface area contributed by atoms with Gasteiger partial charge in [0.2, 0.25) is 0 Å². The van der Waals surface area contributed by atoms with Gasteiger partial charge in [-0.25, -0.2) is 0 Å². The molecule has 3 aromatic rings. The molecule has 2 aromatic carbocycles. The van der Waals surface area contributed by atoms with Crippen molar-refractivity contribution in [3.05, 3.63) is 71.9 Å². The second kappa shape index (κ2) is 11.8. The van der Waals surface area contributed by atoms with Crippen molar-refractivity contribution >= 4 is 12.2 Å². The lowest BCUT2D eigenvalue weighted by molar-refractivity contribution is 0.250. The first-order valence-corrected chi connectivity index (χ1v) is 10.8. The van der Waals surface area contributed by atoms with E-state index in [1.807, 2.05) is 24.3 Å². The van der Waals surface area contributed by atoms with E-state index in [4.69, 9.17) is 9.47 Å². The van der Waals surface area contributed by atoms with Crippen LogP contribution in [-0.2, 0) is 0 Å². The third-order valence-electron chi connectivity index (χ3n) is 4.70. The van der Waals surface area contributed by atoms with Gasteiger partial charge in [-0.15, -0.1) is 10.2 Å². The summed E-state index contributed by atoms with van der Waals surface area (Å²) in [5.41, 5.74) is 4.27. The molecule has 0 bridgehead atoms. The number of unbranched alkanes of at least 4 members (excludes halogenated alkanes) is 2. The predicted molar refractivity (Wildman–Crippen MR) is 124 cm³/mol. The minimum absolute atomic E-state index is 0.476. The van der Waals surface area contributed by atoms with Crippen LogP contribution in [-0.4, -0.2) is 23.4 Å². The Labute approximate surface area is 179 Å². The summed E-state index contributed by atoms with van der Waals surface area (Å²) in [4.78, 5) is 0. The van der Waals surface area contributed by atoms with Crippen LogP contribution in [0.5, 0.6) is 11.6 Å². The van der Waals surface area contributed by atoms with E-state index in [1.165, 1.54) is 11.1 Å². The SMILES string of the molecule is CCCCOc1cc(/C=C/c2ccc(-c3ccccc3)cc2)nnc1OCCCC. The molecule has 4 nitrogen and oxygen atoms in total. The quantitative estimate of drug-likeness (QED) is 0.336. The number of aromatic nitrogens is 2. The van der Waals surface area contributed by atoms with Gasteiger partial charge in [-0.1, -0.05) is 87.4 Å². The van der Waals surface area contributed by atoms with E-state index >= 15 is 0 Å². The summed E-state index contributed by atoms with van der Waals surface area (Å²) in [7, 11) is 0. The van der Waals surface area contributed by atoms with Gasteiger partial charge in [0.25, 0.3) is 5.88 Å². The normalized spacial score (nSPS) is 11.0. The van der Waals surface area contributed by atoms with Crippen LogP contribution >= 0.6 is 0 Å². The highest BCUT2D eigenvalue weighted by Crippen LogP contribution is 2.26. The molecule has 0 saturated heterocycles. The van der Waals surface area contributed by atoms with Crippen molar-refractivity contribution < 1.29 is 9.47 Å². The second-order valence-electron chi connectivity index (χ2n) is 7.16. The Kier molecular flexibility index (Phi) is 8.46. The van der Waals surface area contributed by atoms with Crippen LogP contribution in [0.15, 0.2) is 60.7 Å². The monoisotopic (exact) mass is 402 g/mol. The topological polar surface area (TPSA) is 44.2 Å². The Bertz CT molecular complexity index is 922. The average molecular weight is 403 g/mol. The highest BCUT2D eigenvalue weighted by Gasteiger charge is 2.09. The Balaban J connectivity index is 1.71. The zero-order valence-electron chi connectivity index (χ0n) is 17.9. The number of hydrogen-bond acceptors (Lipinski definition) is 4. The van der Waals surface area contributed by atoms with Gasteiger partial charge < -0.3 is 9.47 Å². The third kappa shape index (κ3) is 6.45. The molecule has 0 aliphatic heterocycles. The van der Waals surface area contributed by atoms with Crippen LogP contribution in [0, 0.1) is 0 Å². The first-order valence-electron chi connectivity index (χ1n) is 10.8. The maximum absolute atomic E-state index is 5.90. The summed E-state index contributed by atoms with van der Waals surface area (Å²) in [5, 5.41) is 8.53. The van der Waals surface area contributed by atoms with Gasteiger partial charge in [0, 0.05) is 6.07 Å². The molecule has 1 heterocycles. The molecular formula is C26H30N2O2. The lowest BCUT2D eigenvalue weighted by Gasteiger charge is -2.11. The molecule has 0 aliphatic rings. The van der Waals surface area contributed by atoms with Crippen LogP contribution in [0.25, 0.3) is 23.3 Å². The van der Waals surface area contributed by atoms with Crippen LogP contribution in [0.2, 0.25) is 0 Å². The first kappa shape index (κ1) is 21.6. The second-order valence-corrected chi connectivity index (χ2v) is 7.16. The van der Waals surface area contributed by atoms with E-state index in [1.54, 1.807) is 0 Å². The van der Waals surface area contributed by atoms with Crippen LogP contribution < -0.4 is 9.47 Å². The molecule has 156 valence electrons. The highest BCUT2D eigenvalue weighted by atomic mass is 16.5. The van der Waals surface area contributed by atoms with Crippen molar-refractivity contribution in [3.63, 3.8) is 0 Å². The molecule has 30 heavy (non-hydrogen) atoms. The third-order valence-corrected chi connectivity index (χ3v) is 4.70. The van der Waals surface area contributed by atoms with Crippen LogP contribution in [0.4, 0.5) is 0 Å². The van der Waals surface area contributed by atoms with Crippen molar-refractivity contribution in [3.8, 4) is 22.8 Å². The van der Waals surface area contributed by atoms with Crippen molar-refractivity contribution in [2.75, 3.05) is 13.2 Å². The molecular weight excluding hydrogens is 372 g/mol. The van der Waals surface area contributed by atoms with E-state index in [0.717, 1.165) is 36.9 Å². The van der Waals surface area contributed by atoms with Crippen molar-refractivity contribution in [1.29, 1.82) is 0 Å². The molecule has 0 saturated carbocycles. The predicted octanol–water partition coefficient (Wildman–Crippen LogP) is 6.67. The summed E-state index contributed by atoms with van der Waals surface area (Å²) in [5.74, 6) is 1.14. The van der Waals surface area contributed by atoms with E-state index in [9.17, 15) is 0 Å². The Hall–Kier alpha value is -3.14. The van der Waals surface area contributed by atoms with Gasteiger partial charge in [-0.2, -0.15) is 0 Å². The Morgan fingerprint density at radius 2 is 1.40 bits per heavy atom. The van der Waals surface area contributed by atoms with Crippen LogP contribution in [0.3, 0.4) is 0 Å². The number of hydrogen-bond donors (Lipinski definition) is 0. The fourth-order valence-corrected chi connectivity index (χ4v) is 2.90. The highest BCUT2D eigenvalue weighted by molar-refractivity contribution is 5.71. The summed E-state index contributed by atoms with van der Waals surface area (Å²) >= 11 is 0. The molecule has 0 spiro atoms. The molecule has 0 amide bonds. The van der Waals surface area contributed by atoms with E-state index in [-0.39, 0.29) is 0 Å². The summed E-state index contributed by atoms with van der Waals surface area (Å²) < 4.78 is 11.7. The molecule has 1 aromatic heterocycles. The fraction of sp³-hybridized carbons (Fsp3) is 0.308. The maximum atomic E-state index is 5.90. The minimum Gasteiger partial charge on any atom is -0.488 e. The van der Waals surface area contributed by atoms with Crippen molar-refractivity contribution in [2.24, 2.45) is 0 Å². The maximum Gasteiger partial charge on any atom is 0.276 e. The van der Waals surface area contributed by atoms with Crippen LogP contribution in [0.1, 0.15) is 50.8 Å². The van der Waals surface area contributed by atoms with Crippen molar-refractivity contribution in [1.82, 2.24) is 10.2 Å². The molecule has 0 N–H and O–H groups in total. The standard InChI is InChI=1S/C26H30N2O2/c1-3-5-18-29-25-20-24(27-28-26(25)30-19-6-4-2)17-14-21-12-15-23(16-13-21)22-10-8-7-9-11-22/h7-17,20H,3-6,18-19H2,1-2H3/b17-14+. The van der Waals surface area contributed by atoms with E-state index in [2.05, 4.69) is 72.6 Å².